The molecule has 0 atom stereocenters. The van der Waals surface area contributed by atoms with Gasteiger partial charge in [0.2, 0.25) is 0 Å². The van der Waals surface area contributed by atoms with Gasteiger partial charge in [0.25, 0.3) is 11.8 Å². The second-order valence-electron chi connectivity index (χ2n) is 13.4. The molecular weight excluding hydrogens is 659 g/mol. The van der Waals surface area contributed by atoms with Crippen molar-refractivity contribution in [2.45, 2.75) is 102 Å². The molecule has 4 aromatic rings. The van der Waals surface area contributed by atoms with E-state index in [1.54, 1.807) is 42.5 Å². The number of carbonyl (C=O) groups excluding carboxylic acids is 4. The Labute approximate surface area is 297 Å². The maximum Gasteiger partial charge on any atom is 0.346 e. The van der Waals surface area contributed by atoms with Crippen molar-refractivity contribution in [2.75, 3.05) is 0 Å². The molecule has 0 saturated heterocycles. The number of ether oxygens (including phenoxy) is 1. The number of nitrogens with two attached hydrogens (primary N) is 1. The number of carbonyl (C=O) groups is 4. The summed E-state index contributed by atoms with van der Waals surface area (Å²) in [5.41, 5.74) is 7.78. The third-order valence-corrected chi connectivity index (χ3v) is 10.7. The van der Waals surface area contributed by atoms with Gasteiger partial charge < -0.3 is 10.5 Å². The van der Waals surface area contributed by atoms with Crippen LogP contribution in [0.25, 0.3) is 21.5 Å². The number of rotatable bonds is 1. The summed E-state index contributed by atoms with van der Waals surface area (Å²) in [5.74, 6) is -1.56. The molecule has 0 spiro atoms. The Hall–Kier alpha value is -3.78. The van der Waals surface area contributed by atoms with E-state index in [0.29, 0.717) is 54.5 Å². The lowest BCUT2D eigenvalue weighted by atomic mass is 9.90. The molecule has 0 bridgehead atoms. The van der Waals surface area contributed by atoms with E-state index in [0.717, 1.165) is 31.1 Å². The van der Waals surface area contributed by atoms with Gasteiger partial charge in [-0.2, -0.15) is 0 Å². The lowest BCUT2D eigenvalue weighted by molar-refractivity contribution is 0.0389. The van der Waals surface area contributed by atoms with E-state index >= 15 is 0 Å². The smallest absolute Gasteiger partial charge is 0.346 e. The number of cyclic esters (lactones) is 2. The Morgan fingerprint density at radius 2 is 0.939 bits per heavy atom. The summed E-state index contributed by atoms with van der Waals surface area (Å²) in [5, 5.41) is 3.87. The van der Waals surface area contributed by atoms with Gasteiger partial charge in [-0.05, 0) is 62.1 Å². The number of amides is 2. The molecule has 7 nitrogen and oxygen atoms in total. The minimum Gasteiger partial charge on any atom is -0.386 e. The van der Waals surface area contributed by atoms with E-state index in [-0.39, 0.29) is 17.9 Å². The summed E-state index contributed by atoms with van der Waals surface area (Å²) in [6.07, 6.45) is 17.1. The Balaban J connectivity index is 0.000000143. The van der Waals surface area contributed by atoms with Crippen LogP contribution in [0.5, 0.6) is 0 Å². The molecule has 8 rings (SSSR count). The third kappa shape index (κ3) is 7.54. The van der Waals surface area contributed by atoms with Crippen LogP contribution < -0.4 is 5.73 Å². The molecule has 2 fully saturated rings. The van der Waals surface area contributed by atoms with Crippen molar-refractivity contribution in [3.8, 4) is 0 Å². The molecule has 0 radical (unpaired) electrons. The van der Waals surface area contributed by atoms with E-state index in [2.05, 4.69) is 4.74 Å². The van der Waals surface area contributed by atoms with Crippen LogP contribution in [0.4, 0.5) is 0 Å². The predicted molar refractivity (Wildman–Crippen MR) is 195 cm³/mol. The van der Waals surface area contributed by atoms with Gasteiger partial charge in [0, 0.05) is 54.8 Å². The maximum absolute atomic E-state index is 13.1. The van der Waals surface area contributed by atoms with Gasteiger partial charge in [0.05, 0.1) is 11.1 Å². The van der Waals surface area contributed by atoms with E-state index in [9.17, 15) is 19.2 Å². The number of nitrogens with zero attached hydrogens (tertiary/aromatic N) is 1. The maximum atomic E-state index is 13.1. The molecule has 2 N–H and O–H groups in total. The van der Waals surface area contributed by atoms with Gasteiger partial charge in [0.15, 0.2) is 0 Å². The molecular formula is C40H42Cl2N2O5. The first-order valence-corrected chi connectivity index (χ1v) is 18.3. The summed E-state index contributed by atoms with van der Waals surface area (Å²) in [7, 11) is 0. The topological polar surface area (TPSA) is 107 Å². The fourth-order valence-corrected chi connectivity index (χ4v) is 7.94. The number of esters is 2. The number of benzene rings is 4. The standard InChI is InChI=1S/C20H20ClNO2.C12H5ClO3.C8H17N/c21-17-12-11-16-18-14(17)9-6-10-15(18)19(23)22(20(16)24)13-7-4-2-1-3-5-8-13;13-9-5-4-8-10-6(9)2-1-3-7(10)11(14)16-12(8)15;9-8-6-4-2-1-3-5-7-8/h6,9-13H,1-5,7-8H2;1-5H;8H,1-7,9H2. The molecule has 0 unspecified atom stereocenters. The van der Waals surface area contributed by atoms with Crippen molar-refractivity contribution in [3.05, 3.63) is 93.0 Å². The van der Waals surface area contributed by atoms with Crippen LogP contribution in [-0.2, 0) is 4.74 Å². The minimum atomic E-state index is -0.620. The highest BCUT2D eigenvalue weighted by Gasteiger charge is 2.37. The molecule has 4 aliphatic rings. The van der Waals surface area contributed by atoms with Crippen molar-refractivity contribution < 1.29 is 23.9 Å². The molecule has 256 valence electrons. The van der Waals surface area contributed by atoms with Crippen LogP contribution in [0.2, 0.25) is 10.0 Å². The summed E-state index contributed by atoms with van der Waals surface area (Å²) in [4.78, 5) is 50.7. The summed E-state index contributed by atoms with van der Waals surface area (Å²) < 4.78 is 4.62. The average molecular weight is 702 g/mol. The van der Waals surface area contributed by atoms with E-state index < -0.39 is 11.9 Å². The zero-order valence-corrected chi connectivity index (χ0v) is 29.2. The average Bonchev–Trinajstić information content (AvgIpc) is 3.07. The molecule has 4 aromatic carbocycles. The Morgan fingerprint density at radius 1 is 0.531 bits per heavy atom. The first-order valence-electron chi connectivity index (χ1n) is 17.6. The molecule has 0 aromatic heterocycles. The van der Waals surface area contributed by atoms with E-state index in [4.69, 9.17) is 28.9 Å². The summed E-state index contributed by atoms with van der Waals surface area (Å²) in [6, 6.07) is 17.9. The molecule has 2 aliphatic heterocycles. The van der Waals surface area contributed by atoms with Gasteiger partial charge in [-0.25, -0.2) is 9.59 Å². The van der Waals surface area contributed by atoms with Gasteiger partial charge in [-0.15, -0.1) is 0 Å². The zero-order valence-electron chi connectivity index (χ0n) is 27.6. The number of hydrogen-bond donors (Lipinski definition) is 1. The first-order chi connectivity index (χ1) is 23.8. The number of halogens is 2. The van der Waals surface area contributed by atoms with Gasteiger partial charge in [0.1, 0.15) is 0 Å². The van der Waals surface area contributed by atoms with Crippen molar-refractivity contribution in [2.24, 2.45) is 5.73 Å². The highest BCUT2D eigenvalue weighted by molar-refractivity contribution is 6.38. The van der Waals surface area contributed by atoms with E-state index in [1.165, 1.54) is 69.1 Å². The first kappa shape index (κ1) is 35.1. The molecule has 49 heavy (non-hydrogen) atoms. The fraction of sp³-hybridized carbons (Fsp3) is 0.400. The van der Waals surface area contributed by atoms with Crippen molar-refractivity contribution in [1.29, 1.82) is 0 Å². The van der Waals surface area contributed by atoms with Crippen LogP contribution in [0.15, 0.2) is 60.7 Å². The molecule has 9 heteroatoms. The van der Waals surface area contributed by atoms with Crippen molar-refractivity contribution in [1.82, 2.24) is 4.90 Å². The van der Waals surface area contributed by atoms with Gasteiger partial charge in [-0.3, -0.25) is 14.5 Å². The SMILES string of the molecule is NC1CCCCCCC1.O=C1OC(=O)c2ccc(Cl)c3cccc1c23.O=C1c2cccc3c(Cl)ccc(c23)C(=O)N1C1CCCCCCC1. The zero-order chi connectivity index (χ0) is 34.5. The second kappa shape index (κ2) is 15.8. The number of imide groups is 1. The van der Waals surface area contributed by atoms with Crippen molar-refractivity contribution >= 4 is 68.5 Å². The highest BCUT2D eigenvalue weighted by atomic mass is 35.5. The second-order valence-corrected chi connectivity index (χ2v) is 14.2. The molecule has 2 heterocycles. The van der Waals surface area contributed by atoms with Crippen LogP contribution in [-0.4, -0.2) is 40.7 Å². The van der Waals surface area contributed by atoms with Crippen LogP contribution in [0, 0.1) is 0 Å². The third-order valence-electron chi connectivity index (χ3n) is 10.1. The monoisotopic (exact) mass is 700 g/mol. The van der Waals surface area contributed by atoms with Gasteiger partial charge >= 0.3 is 11.9 Å². The predicted octanol–water partition coefficient (Wildman–Crippen LogP) is 10.1. The van der Waals surface area contributed by atoms with Crippen LogP contribution >= 0.6 is 23.2 Å². The lowest BCUT2D eigenvalue weighted by Gasteiger charge is -2.35. The Bertz CT molecular complexity index is 1850. The lowest BCUT2D eigenvalue weighted by Crippen LogP contribution is -2.47. The Morgan fingerprint density at radius 3 is 1.49 bits per heavy atom. The Kier molecular flexibility index (Phi) is 11.3. The van der Waals surface area contributed by atoms with Crippen LogP contribution in [0.1, 0.15) is 131 Å². The summed E-state index contributed by atoms with van der Waals surface area (Å²) >= 11 is 12.3. The van der Waals surface area contributed by atoms with Gasteiger partial charge in [-0.1, -0.05) is 112 Å². The summed E-state index contributed by atoms with van der Waals surface area (Å²) in [6.45, 7) is 0. The quantitative estimate of drug-likeness (QED) is 0.120. The molecule has 2 amide bonds. The van der Waals surface area contributed by atoms with Crippen molar-refractivity contribution in [3.63, 3.8) is 0 Å². The highest BCUT2D eigenvalue weighted by Crippen LogP contribution is 2.37. The minimum absolute atomic E-state index is 0.0179. The largest absolute Gasteiger partial charge is 0.386 e. The van der Waals surface area contributed by atoms with E-state index in [1.807, 2.05) is 18.2 Å². The molecule has 2 saturated carbocycles. The van der Waals surface area contributed by atoms with Crippen LogP contribution in [0.3, 0.4) is 0 Å². The normalized spacial score (nSPS) is 18.7. The fourth-order valence-electron chi connectivity index (χ4n) is 7.50. The number of hydrogen-bond acceptors (Lipinski definition) is 6. The molecule has 2 aliphatic carbocycles.